The second-order valence-corrected chi connectivity index (χ2v) is 8.71. The molecule has 0 radical (unpaired) electrons. The van der Waals surface area contributed by atoms with E-state index < -0.39 is 10.0 Å². The van der Waals surface area contributed by atoms with E-state index in [-0.39, 0.29) is 22.6 Å². The Morgan fingerprint density at radius 1 is 1.31 bits per heavy atom. The molecule has 1 amide bonds. The normalized spacial score (nSPS) is 15.7. The van der Waals surface area contributed by atoms with Crippen LogP contribution in [0.5, 0.6) is 0 Å². The topological polar surface area (TPSA) is 118 Å². The minimum absolute atomic E-state index is 0.0454. The van der Waals surface area contributed by atoms with Crippen molar-refractivity contribution in [2.24, 2.45) is 0 Å². The molecule has 0 atom stereocenters. The number of carbonyl (C=O) groups is 1. The number of nitrogens with zero attached hydrogens (tertiary/aromatic N) is 4. The lowest BCUT2D eigenvalue weighted by atomic mass is 10.2. The number of anilines is 1. The van der Waals surface area contributed by atoms with Gasteiger partial charge in [-0.3, -0.25) is 10.1 Å². The number of aryl methyl sites for hydroxylation is 1. The third-order valence-corrected chi connectivity index (χ3v) is 6.61. The fourth-order valence-electron chi connectivity index (χ4n) is 2.50. The Labute approximate surface area is 155 Å². The second-order valence-electron chi connectivity index (χ2n) is 5.78. The molecule has 2 aromatic heterocycles. The molecule has 0 unspecified atom stereocenters. The van der Waals surface area contributed by atoms with Gasteiger partial charge in [-0.2, -0.15) is 9.29 Å². The van der Waals surface area contributed by atoms with Crippen LogP contribution in [-0.2, 0) is 14.8 Å². The molecule has 1 fully saturated rings. The molecule has 1 aliphatic heterocycles. The SMILES string of the molecule is Cc1noc(NC(=O)CSc2ccc(S(=O)(=O)N3CCCCC3)cn2)n1. The molecule has 0 saturated carbocycles. The van der Waals surface area contributed by atoms with Crippen molar-refractivity contribution in [3.63, 3.8) is 0 Å². The maximum Gasteiger partial charge on any atom is 0.328 e. The van der Waals surface area contributed by atoms with Gasteiger partial charge in [0.15, 0.2) is 5.82 Å². The predicted molar refractivity (Wildman–Crippen MR) is 95.2 cm³/mol. The molecule has 1 aliphatic rings. The standard InChI is InChI=1S/C15H19N5O4S2/c1-11-17-15(24-19-11)18-13(21)10-25-14-6-5-12(9-16-14)26(22,23)20-7-3-2-4-8-20/h5-6,9H,2-4,7-8,10H2,1H3,(H,17,18,19,21). The highest BCUT2D eigenvalue weighted by atomic mass is 32.2. The van der Waals surface area contributed by atoms with E-state index in [9.17, 15) is 13.2 Å². The van der Waals surface area contributed by atoms with Gasteiger partial charge in [-0.1, -0.05) is 23.3 Å². The number of pyridine rings is 1. The van der Waals surface area contributed by atoms with Gasteiger partial charge in [0, 0.05) is 19.3 Å². The van der Waals surface area contributed by atoms with E-state index in [4.69, 9.17) is 4.52 Å². The molecule has 0 bridgehead atoms. The molecule has 11 heteroatoms. The zero-order valence-corrected chi connectivity index (χ0v) is 15.8. The molecule has 0 spiro atoms. The Balaban J connectivity index is 1.56. The highest BCUT2D eigenvalue weighted by Gasteiger charge is 2.26. The first-order chi connectivity index (χ1) is 12.4. The summed E-state index contributed by atoms with van der Waals surface area (Å²) in [5, 5.41) is 6.61. The molecule has 3 rings (SSSR count). The molecule has 0 aromatic carbocycles. The van der Waals surface area contributed by atoms with Gasteiger partial charge in [0.1, 0.15) is 4.90 Å². The van der Waals surface area contributed by atoms with E-state index in [0.717, 1.165) is 19.3 Å². The number of sulfonamides is 1. The molecule has 140 valence electrons. The maximum atomic E-state index is 12.6. The molecule has 0 aliphatic carbocycles. The number of nitrogens with one attached hydrogen (secondary N) is 1. The number of aromatic nitrogens is 3. The molecular formula is C15H19N5O4S2. The summed E-state index contributed by atoms with van der Waals surface area (Å²) in [5.41, 5.74) is 0. The first-order valence-electron chi connectivity index (χ1n) is 8.14. The van der Waals surface area contributed by atoms with E-state index in [0.29, 0.717) is 23.9 Å². The number of rotatable bonds is 6. The van der Waals surface area contributed by atoms with E-state index in [1.807, 2.05) is 0 Å². The van der Waals surface area contributed by atoms with Crippen molar-refractivity contribution in [1.82, 2.24) is 19.4 Å². The van der Waals surface area contributed by atoms with Crippen LogP contribution in [0.2, 0.25) is 0 Å². The lowest BCUT2D eigenvalue weighted by molar-refractivity contribution is -0.114. The Kier molecular flexibility index (Phi) is 5.89. The zero-order chi connectivity index (χ0) is 18.6. The summed E-state index contributed by atoms with van der Waals surface area (Å²) in [7, 11) is -3.49. The predicted octanol–water partition coefficient (Wildman–Crippen LogP) is 1.68. The average molecular weight is 397 g/mol. The van der Waals surface area contributed by atoms with Gasteiger partial charge in [0.2, 0.25) is 15.9 Å². The lowest BCUT2D eigenvalue weighted by Crippen LogP contribution is -2.35. The fraction of sp³-hybridized carbons (Fsp3) is 0.467. The minimum atomic E-state index is -3.49. The number of thioether (sulfide) groups is 1. The molecule has 1 N–H and O–H groups in total. The number of carbonyl (C=O) groups excluding carboxylic acids is 1. The van der Waals surface area contributed by atoms with E-state index in [1.165, 1.54) is 28.3 Å². The van der Waals surface area contributed by atoms with Crippen molar-refractivity contribution in [3.05, 3.63) is 24.2 Å². The van der Waals surface area contributed by atoms with Crippen molar-refractivity contribution >= 4 is 33.7 Å². The molecule has 26 heavy (non-hydrogen) atoms. The average Bonchev–Trinajstić information content (AvgIpc) is 3.06. The molecule has 3 heterocycles. The van der Waals surface area contributed by atoms with E-state index in [2.05, 4.69) is 20.4 Å². The summed E-state index contributed by atoms with van der Waals surface area (Å²) in [4.78, 5) is 20.0. The monoisotopic (exact) mass is 397 g/mol. The molecule has 1 saturated heterocycles. The van der Waals surface area contributed by atoms with E-state index >= 15 is 0 Å². The first-order valence-corrected chi connectivity index (χ1v) is 10.6. The van der Waals surface area contributed by atoms with Crippen LogP contribution in [0.15, 0.2) is 32.8 Å². The van der Waals surface area contributed by atoms with Crippen LogP contribution in [-0.4, -0.2) is 52.6 Å². The summed E-state index contributed by atoms with van der Waals surface area (Å²) >= 11 is 1.19. The van der Waals surface area contributed by atoms with Gasteiger partial charge < -0.3 is 4.52 Å². The zero-order valence-electron chi connectivity index (χ0n) is 14.2. The summed E-state index contributed by atoms with van der Waals surface area (Å²) < 4.78 is 31.4. The third-order valence-electron chi connectivity index (χ3n) is 3.79. The molecule has 9 nitrogen and oxygen atoms in total. The van der Waals surface area contributed by atoms with Gasteiger partial charge in [-0.15, -0.1) is 0 Å². The Hall–Kier alpha value is -1.98. The number of hydrogen-bond acceptors (Lipinski definition) is 8. The fourth-order valence-corrected chi connectivity index (χ4v) is 4.61. The van der Waals surface area contributed by atoms with E-state index in [1.54, 1.807) is 13.0 Å². The molecular weight excluding hydrogens is 378 g/mol. The first kappa shape index (κ1) is 18.8. The van der Waals surface area contributed by atoms with Crippen LogP contribution in [0.25, 0.3) is 0 Å². The van der Waals surface area contributed by atoms with Crippen molar-refractivity contribution in [2.45, 2.75) is 36.1 Å². The summed E-state index contributed by atoms with van der Waals surface area (Å²) in [6.45, 7) is 2.75. The number of amides is 1. The van der Waals surface area contributed by atoms with Crippen LogP contribution in [0.3, 0.4) is 0 Å². The van der Waals surface area contributed by atoms with Crippen molar-refractivity contribution < 1.29 is 17.7 Å². The Morgan fingerprint density at radius 3 is 2.69 bits per heavy atom. The maximum absolute atomic E-state index is 12.6. The van der Waals surface area contributed by atoms with Gasteiger partial charge in [-0.25, -0.2) is 13.4 Å². The van der Waals surface area contributed by atoms with Crippen LogP contribution in [0.1, 0.15) is 25.1 Å². The van der Waals surface area contributed by atoms with Crippen LogP contribution in [0, 0.1) is 6.92 Å². The van der Waals surface area contributed by atoms with Crippen LogP contribution in [0.4, 0.5) is 6.01 Å². The summed E-state index contributed by atoms with van der Waals surface area (Å²) in [6.07, 6.45) is 4.17. The largest absolute Gasteiger partial charge is 0.328 e. The highest BCUT2D eigenvalue weighted by Crippen LogP contribution is 2.22. The van der Waals surface area contributed by atoms with Crippen molar-refractivity contribution in [3.8, 4) is 0 Å². The van der Waals surface area contributed by atoms with Gasteiger partial charge in [0.05, 0.1) is 10.8 Å². The highest BCUT2D eigenvalue weighted by molar-refractivity contribution is 7.99. The number of piperidine rings is 1. The number of hydrogen-bond donors (Lipinski definition) is 1. The summed E-state index contributed by atoms with van der Waals surface area (Å²) in [5.74, 6) is 0.206. The quantitative estimate of drug-likeness (QED) is 0.732. The van der Waals surface area contributed by atoms with Crippen LogP contribution < -0.4 is 5.32 Å². The van der Waals surface area contributed by atoms with Gasteiger partial charge in [-0.05, 0) is 31.9 Å². The summed E-state index contributed by atoms with van der Waals surface area (Å²) in [6, 6.07) is 3.17. The van der Waals surface area contributed by atoms with Crippen molar-refractivity contribution in [2.75, 3.05) is 24.2 Å². The minimum Gasteiger partial charge on any atom is -0.315 e. The van der Waals surface area contributed by atoms with Gasteiger partial charge >= 0.3 is 6.01 Å². The Bertz CT molecular complexity index is 860. The molecule has 2 aromatic rings. The second kappa shape index (κ2) is 8.14. The van der Waals surface area contributed by atoms with Crippen LogP contribution >= 0.6 is 11.8 Å². The Morgan fingerprint density at radius 2 is 2.08 bits per heavy atom. The van der Waals surface area contributed by atoms with Gasteiger partial charge in [0.25, 0.3) is 0 Å². The third kappa shape index (κ3) is 4.59. The smallest absolute Gasteiger partial charge is 0.315 e. The van der Waals surface area contributed by atoms with Crippen molar-refractivity contribution in [1.29, 1.82) is 0 Å². The lowest BCUT2D eigenvalue weighted by Gasteiger charge is -2.25.